The van der Waals surface area contributed by atoms with Gasteiger partial charge < -0.3 is 15.5 Å². The van der Waals surface area contributed by atoms with Crippen LogP contribution in [0.5, 0.6) is 5.75 Å². The molecule has 0 fully saturated rings. The minimum Gasteiger partial charge on any atom is -0.489 e. The Morgan fingerprint density at radius 3 is 2.47 bits per heavy atom. The summed E-state index contributed by atoms with van der Waals surface area (Å²) >= 11 is 12.4. The van der Waals surface area contributed by atoms with E-state index in [9.17, 15) is 0 Å². The molecule has 0 unspecified atom stereocenters. The summed E-state index contributed by atoms with van der Waals surface area (Å²) in [7, 11) is 0. The predicted molar refractivity (Wildman–Crippen MR) is 127 cm³/mol. The lowest BCUT2D eigenvalue weighted by atomic mass is 10.00. The number of nitrogens with two attached hydrogens (primary N) is 1. The molecular formula is C25H24Cl2N2O. The number of fused-ring (bicyclic) bond motifs is 1. The first-order chi connectivity index (χ1) is 14.7. The fourth-order valence-electron chi connectivity index (χ4n) is 3.66. The highest BCUT2D eigenvalue weighted by molar-refractivity contribution is 6.42. The van der Waals surface area contributed by atoms with E-state index in [-0.39, 0.29) is 0 Å². The van der Waals surface area contributed by atoms with Gasteiger partial charge >= 0.3 is 0 Å². The van der Waals surface area contributed by atoms with Gasteiger partial charge in [0.25, 0.3) is 0 Å². The first-order valence-electron chi connectivity index (χ1n) is 10.1. The third-order valence-corrected chi connectivity index (χ3v) is 5.95. The van der Waals surface area contributed by atoms with Crippen LogP contribution in [0.25, 0.3) is 22.2 Å². The highest BCUT2D eigenvalue weighted by atomic mass is 35.5. The fraction of sp³-hybridized carbons (Fsp3) is 0.200. The lowest BCUT2D eigenvalue weighted by molar-refractivity contribution is 0.306. The van der Waals surface area contributed by atoms with Crippen molar-refractivity contribution in [3.63, 3.8) is 0 Å². The molecule has 30 heavy (non-hydrogen) atoms. The molecule has 0 saturated heterocycles. The Labute approximate surface area is 186 Å². The predicted octanol–water partition coefficient (Wildman–Crippen LogP) is 7.00. The van der Waals surface area contributed by atoms with Gasteiger partial charge in [0.15, 0.2) is 0 Å². The van der Waals surface area contributed by atoms with Crippen molar-refractivity contribution in [3.8, 4) is 17.0 Å². The molecule has 4 aromatic rings. The summed E-state index contributed by atoms with van der Waals surface area (Å²) in [6.45, 7) is 1.23. The van der Waals surface area contributed by atoms with E-state index in [4.69, 9.17) is 33.7 Å². The van der Waals surface area contributed by atoms with E-state index in [1.165, 1.54) is 10.9 Å². The van der Waals surface area contributed by atoms with Gasteiger partial charge in [0.1, 0.15) is 12.4 Å². The Balaban J connectivity index is 1.70. The molecule has 0 atom stereocenters. The standard InChI is InChI=1S/C25H24Cl2N2O/c26-22-11-9-18(14-23(22)27)25-20(8-4-5-13-28)21-15-19(10-12-24(21)29-25)30-16-17-6-2-1-3-7-17/h1-3,6-7,9-12,14-15,29H,4-5,8,13,16,28H2. The fourth-order valence-corrected chi connectivity index (χ4v) is 3.96. The Bertz CT molecular complexity index is 1140. The van der Waals surface area contributed by atoms with Crippen LogP contribution in [-0.2, 0) is 13.0 Å². The second kappa shape index (κ2) is 9.57. The largest absolute Gasteiger partial charge is 0.489 e. The van der Waals surface area contributed by atoms with Crippen molar-refractivity contribution in [1.82, 2.24) is 4.98 Å². The molecule has 0 saturated carbocycles. The van der Waals surface area contributed by atoms with E-state index in [1.807, 2.05) is 42.5 Å². The zero-order chi connectivity index (χ0) is 20.9. The zero-order valence-electron chi connectivity index (χ0n) is 16.6. The van der Waals surface area contributed by atoms with Gasteiger partial charge in [-0.05, 0) is 72.8 Å². The molecule has 0 bridgehead atoms. The quantitative estimate of drug-likeness (QED) is 0.290. The normalized spacial score (nSPS) is 11.2. The number of unbranched alkanes of at least 4 members (excludes halogenated alkanes) is 1. The van der Waals surface area contributed by atoms with Crippen molar-refractivity contribution >= 4 is 34.1 Å². The lowest BCUT2D eigenvalue weighted by Crippen LogP contribution is -1.99. The Hall–Kier alpha value is -2.46. The smallest absolute Gasteiger partial charge is 0.120 e. The number of halogens is 2. The highest BCUT2D eigenvalue weighted by Gasteiger charge is 2.15. The molecule has 4 rings (SSSR count). The van der Waals surface area contributed by atoms with Crippen LogP contribution in [0.15, 0.2) is 66.7 Å². The molecular weight excluding hydrogens is 415 g/mol. The molecule has 0 aliphatic heterocycles. The van der Waals surface area contributed by atoms with Crippen LogP contribution >= 0.6 is 23.2 Å². The van der Waals surface area contributed by atoms with Crippen molar-refractivity contribution in [1.29, 1.82) is 0 Å². The van der Waals surface area contributed by atoms with E-state index in [1.54, 1.807) is 0 Å². The number of hydrogen-bond donors (Lipinski definition) is 2. The van der Waals surface area contributed by atoms with E-state index in [2.05, 4.69) is 29.2 Å². The van der Waals surface area contributed by atoms with Crippen molar-refractivity contribution in [3.05, 3.63) is 87.9 Å². The van der Waals surface area contributed by atoms with E-state index >= 15 is 0 Å². The number of aryl methyl sites for hydroxylation is 1. The molecule has 3 N–H and O–H groups in total. The lowest BCUT2D eigenvalue weighted by Gasteiger charge is -2.08. The zero-order valence-corrected chi connectivity index (χ0v) is 18.1. The van der Waals surface area contributed by atoms with Crippen LogP contribution in [0.3, 0.4) is 0 Å². The topological polar surface area (TPSA) is 51.0 Å². The van der Waals surface area contributed by atoms with E-state index in [0.717, 1.165) is 47.3 Å². The number of hydrogen-bond acceptors (Lipinski definition) is 2. The highest BCUT2D eigenvalue weighted by Crippen LogP contribution is 2.36. The number of benzene rings is 3. The van der Waals surface area contributed by atoms with Gasteiger partial charge in [0, 0.05) is 16.6 Å². The van der Waals surface area contributed by atoms with Crippen molar-refractivity contribution in [2.75, 3.05) is 6.54 Å². The maximum atomic E-state index is 6.28. The molecule has 5 heteroatoms. The summed E-state index contributed by atoms with van der Waals surface area (Å²) in [4.78, 5) is 3.57. The molecule has 3 aromatic carbocycles. The van der Waals surface area contributed by atoms with Gasteiger partial charge in [-0.2, -0.15) is 0 Å². The molecule has 0 spiro atoms. The first-order valence-corrected chi connectivity index (χ1v) is 10.9. The number of H-pyrrole nitrogens is 1. The van der Waals surface area contributed by atoms with E-state index < -0.39 is 0 Å². The minimum absolute atomic E-state index is 0.541. The number of nitrogens with one attached hydrogen (secondary N) is 1. The van der Waals surface area contributed by atoms with Crippen LogP contribution in [0.4, 0.5) is 0 Å². The summed E-state index contributed by atoms with van der Waals surface area (Å²) in [5.41, 5.74) is 11.3. The van der Waals surface area contributed by atoms with Crippen LogP contribution in [0, 0.1) is 0 Å². The Morgan fingerprint density at radius 2 is 1.70 bits per heavy atom. The summed E-state index contributed by atoms with van der Waals surface area (Å²) in [5.74, 6) is 0.853. The molecule has 3 nitrogen and oxygen atoms in total. The monoisotopic (exact) mass is 438 g/mol. The van der Waals surface area contributed by atoms with Gasteiger partial charge in [0.2, 0.25) is 0 Å². The summed E-state index contributed by atoms with van der Waals surface area (Å²) in [5, 5.41) is 2.27. The van der Waals surface area contributed by atoms with Gasteiger partial charge in [-0.1, -0.05) is 59.6 Å². The second-order valence-corrected chi connectivity index (χ2v) is 8.15. The summed E-state index contributed by atoms with van der Waals surface area (Å²) in [6, 6.07) is 22.1. The molecule has 0 radical (unpaired) electrons. The molecule has 1 aromatic heterocycles. The molecule has 0 aliphatic carbocycles. The van der Waals surface area contributed by atoms with Gasteiger partial charge in [0.05, 0.1) is 10.0 Å². The summed E-state index contributed by atoms with van der Waals surface area (Å²) in [6.07, 6.45) is 2.93. The van der Waals surface area contributed by atoms with Crippen LogP contribution in [0.1, 0.15) is 24.0 Å². The molecule has 1 heterocycles. The van der Waals surface area contributed by atoms with Gasteiger partial charge in [-0.3, -0.25) is 0 Å². The maximum absolute atomic E-state index is 6.28. The van der Waals surface area contributed by atoms with Crippen LogP contribution < -0.4 is 10.5 Å². The molecule has 0 aliphatic rings. The number of aromatic nitrogens is 1. The minimum atomic E-state index is 0.541. The third kappa shape index (κ3) is 4.65. The SMILES string of the molecule is NCCCCc1c(-c2ccc(Cl)c(Cl)c2)[nH]c2ccc(OCc3ccccc3)cc12. The van der Waals surface area contributed by atoms with Gasteiger partial charge in [-0.15, -0.1) is 0 Å². The van der Waals surface area contributed by atoms with Crippen molar-refractivity contribution in [2.45, 2.75) is 25.9 Å². The van der Waals surface area contributed by atoms with Crippen LogP contribution in [-0.4, -0.2) is 11.5 Å². The number of aromatic amines is 1. The molecule has 154 valence electrons. The van der Waals surface area contributed by atoms with Crippen molar-refractivity contribution in [2.24, 2.45) is 5.73 Å². The number of ether oxygens (including phenoxy) is 1. The van der Waals surface area contributed by atoms with Crippen LogP contribution in [0.2, 0.25) is 10.0 Å². The Kier molecular flexibility index (Phi) is 6.63. The van der Waals surface area contributed by atoms with Gasteiger partial charge in [-0.25, -0.2) is 0 Å². The van der Waals surface area contributed by atoms with E-state index in [0.29, 0.717) is 23.2 Å². The second-order valence-electron chi connectivity index (χ2n) is 7.33. The summed E-state index contributed by atoms with van der Waals surface area (Å²) < 4.78 is 6.06. The Morgan fingerprint density at radius 1 is 0.867 bits per heavy atom. The average molecular weight is 439 g/mol. The first kappa shape index (κ1) is 20.8. The molecule has 0 amide bonds. The average Bonchev–Trinajstić information content (AvgIpc) is 3.13. The maximum Gasteiger partial charge on any atom is 0.120 e. The van der Waals surface area contributed by atoms with Crippen molar-refractivity contribution < 1.29 is 4.74 Å². The third-order valence-electron chi connectivity index (χ3n) is 5.22. The number of rotatable bonds is 8.